The van der Waals surface area contributed by atoms with Crippen molar-refractivity contribution >= 4 is 45.9 Å². The number of halogens is 2. The number of anilines is 1. The number of β-lactam (4-membered cyclic amide) rings is 1. The molecule has 2 rings (SSSR count). The molecule has 5 N–H and O–H groups in total. The van der Waals surface area contributed by atoms with Crippen LogP contribution >= 0.6 is 11.3 Å². The standard InChI is InChI=1S/C15H17F2N5O8S/c1-15(2)9(12(26)22(15)30-8(10(16)17)13(27)28)20-11(25)7(21-29-3-6(23)24)5-4-31-14(18)19-5/h4,8-10H,3H2,1-2H3,(H2,18,19)(H,20,25)(H,23,24)(H,27,28)/b21-7-/t8?,9-/m1/s1. The van der Waals surface area contributed by atoms with Gasteiger partial charge in [-0.05, 0) is 13.8 Å². The van der Waals surface area contributed by atoms with Gasteiger partial charge in [-0.15, -0.1) is 11.3 Å². The fourth-order valence-electron chi connectivity index (χ4n) is 2.45. The van der Waals surface area contributed by atoms with Crippen molar-refractivity contribution in [3.05, 3.63) is 11.1 Å². The van der Waals surface area contributed by atoms with Gasteiger partial charge in [-0.1, -0.05) is 5.16 Å². The van der Waals surface area contributed by atoms with Crippen molar-refractivity contribution < 1.29 is 47.8 Å². The largest absolute Gasteiger partial charge is 0.479 e. The van der Waals surface area contributed by atoms with Gasteiger partial charge in [0.05, 0.1) is 5.54 Å². The minimum atomic E-state index is -3.41. The van der Waals surface area contributed by atoms with Crippen molar-refractivity contribution in [1.82, 2.24) is 15.4 Å². The minimum Gasteiger partial charge on any atom is -0.479 e. The van der Waals surface area contributed by atoms with E-state index in [2.05, 4.69) is 25.1 Å². The van der Waals surface area contributed by atoms with Crippen LogP contribution in [0.15, 0.2) is 10.5 Å². The third-order valence-electron chi connectivity index (χ3n) is 3.97. The Bertz CT molecular complexity index is 921. The Morgan fingerprint density at radius 2 is 2.06 bits per heavy atom. The van der Waals surface area contributed by atoms with Crippen LogP contribution in [0.3, 0.4) is 0 Å². The SMILES string of the molecule is CC1(C)[C@H](NC(=O)/C(=N\OCC(=O)O)c2csc(N)n2)C(=O)N1OC(C(=O)O)C(F)F. The summed E-state index contributed by atoms with van der Waals surface area (Å²) in [6.07, 6.45) is -5.99. The molecule has 1 aliphatic heterocycles. The molecule has 0 aromatic carbocycles. The van der Waals surface area contributed by atoms with Crippen LogP contribution in [0.5, 0.6) is 0 Å². The monoisotopic (exact) mass is 465 g/mol. The van der Waals surface area contributed by atoms with Crippen molar-refractivity contribution in [3.8, 4) is 0 Å². The number of carbonyl (C=O) groups is 4. The predicted octanol–water partition coefficient (Wildman–Crippen LogP) is -0.714. The fourth-order valence-corrected chi connectivity index (χ4v) is 2.99. The van der Waals surface area contributed by atoms with Gasteiger partial charge in [0.15, 0.2) is 10.8 Å². The summed E-state index contributed by atoms with van der Waals surface area (Å²) in [5, 5.41) is 25.0. The van der Waals surface area contributed by atoms with Crippen molar-refractivity contribution in [2.75, 3.05) is 12.3 Å². The molecule has 1 aromatic heterocycles. The lowest BCUT2D eigenvalue weighted by atomic mass is 9.84. The van der Waals surface area contributed by atoms with Crippen molar-refractivity contribution in [2.24, 2.45) is 5.16 Å². The fraction of sp³-hybridized carbons (Fsp3) is 0.467. The van der Waals surface area contributed by atoms with Gasteiger partial charge in [0.2, 0.25) is 12.7 Å². The highest BCUT2D eigenvalue weighted by atomic mass is 32.1. The van der Waals surface area contributed by atoms with Crippen LogP contribution in [0.25, 0.3) is 0 Å². The minimum absolute atomic E-state index is 0.0632. The second-order valence-corrected chi connectivity index (χ2v) is 7.46. The molecule has 0 saturated carbocycles. The normalized spacial score (nSPS) is 19.0. The van der Waals surface area contributed by atoms with Gasteiger partial charge in [-0.25, -0.2) is 33.3 Å². The quantitative estimate of drug-likeness (QED) is 0.195. The number of nitrogen functional groups attached to an aromatic ring is 1. The zero-order valence-electron chi connectivity index (χ0n) is 15.9. The molecule has 1 aliphatic rings. The second-order valence-electron chi connectivity index (χ2n) is 6.57. The third kappa shape index (κ3) is 5.21. The summed E-state index contributed by atoms with van der Waals surface area (Å²) in [6, 6.07) is -1.31. The van der Waals surface area contributed by atoms with Gasteiger partial charge < -0.3 is 26.1 Å². The molecule has 1 aromatic rings. The number of aliphatic carboxylic acids is 2. The highest BCUT2D eigenvalue weighted by Gasteiger charge is 2.58. The highest BCUT2D eigenvalue weighted by molar-refractivity contribution is 7.13. The maximum absolute atomic E-state index is 12.8. The molecule has 2 atom stereocenters. The summed E-state index contributed by atoms with van der Waals surface area (Å²) < 4.78 is 25.7. The van der Waals surface area contributed by atoms with Gasteiger partial charge >= 0.3 is 11.9 Å². The molecule has 0 spiro atoms. The predicted molar refractivity (Wildman–Crippen MR) is 98.0 cm³/mol. The maximum Gasteiger partial charge on any atom is 0.344 e. The zero-order valence-corrected chi connectivity index (χ0v) is 16.8. The summed E-state index contributed by atoms with van der Waals surface area (Å²) in [5.74, 6) is -5.34. The summed E-state index contributed by atoms with van der Waals surface area (Å²) in [7, 11) is 0. The molecule has 0 aliphatic carbocycles. The Morgan fingerprint density at radius 3 is 2.52 bits per heavy atom. The lowest BCUT2D eigenvalue weighted by molar-refractivity contribution is -0.288. The van der Waals surface area contributed by atoms with E-state index in [1.807, 2.05) is 0 Å². The lowest BCUT2D eigenvalue weighted by Crippen LogP contribution is -2.77. The van der Waals surface area contributed by atoms with E-state index in [0.717, 1.165) is 11.3 Å². The molecular formula is C15H17F2N5O8S. The number of hydrogen-bond acceptors (Lipinski definition) is 10. The van der Waals surface area contributed by atoms with Crippen molar-refractivity contribution in [1.29, 1.82) is 0 Å². The number of hydroxylamine groups is 2. The molecule has 1 fully saturated rings. The number of carboxylic acids is 2. The molecule has 170 valence electrons. The van der Waals surface area contributed by atoms with Gasteiger partial charge in [-0.3, -0.25) is 9.59 Å². The number of rotatable bonds is 10. The highest BCUT2D eigenvalue weighted by Crippen LogP contribution is 2.33. The molecule has 2 heterocycles. The average Bonchev–Trinajstić information content (AvgIpc) is 3.08. The van der Waals surface area contributed by atoms with Crippen LogP contribution < -0.4 is 11.1 Å². The molecule has 31 heavy (non-hydrogen) atoms. The van der Waals surface area contributed by atoms with E-state index in [9.17, 15) is 28.0 Å². The van der Waals surface area contributed by atoms with Crippen LogP contribution in [0, 0.1) is 0 Å². The van der Waals surface area contributed by atoms with Crippen LogP contribution in [-0.2, 0) is 28.9 Å². The number of aromatic nitrogens is 1. The molecule has 1 saturated heterocycles. The number of amides is 2. The van der Waals surface area contributed by atoms with E-state index >= 15 is 0 Å². The first-order chi connectivity index (χ1) is 14.4. The number of thiazole rings is 1. The Kier molecular flexibility index (Phi) is 7.06. The topological polar surface area (TPSA) is 194 Å². The number of nitrogens with two attached hydrogens (primary N) is 1. The number of carboxylic acid groups (broad SMARTS) is 2. The van der Waals surface area contributed by atoms with E-state index < -0.39 is 60.2 Å². The summed E-state index contributed by atoms with van der Waals surface area (Å²) in [4.78, 5) is 59.5. The Hall–Kier alpha value is -3.40. The molecule has 0 bridgehead atoms. The Labute approximate surface area is 176 Å². The van der Waals surface area contributed by atoms with Crippen LogP contribution in [0.1, 0.15) is 19.5 Å². The molecule has 1 unspecified atom stereocenters. The number of nitrogens with one attached hydrogen (secondary N) is 1. The molecule has 2 amide bonds. The summed E-state index contributed by atoms with van der Waals surface area (Å²) in [5.41, 5.74) is 3.54. The van der Waals surface area contributed by atoms with Gasteiger partial charge in [0.25, 0.3) is 18.2 Å². The van der Waals surface area contributed by atoms with E-state index in [1.54, 1.807) is 0 Å². The molecule has 0 radical (unpaired) electrons. The van der Waals surface area contributed by atoms with E-state index in [-0.39, 0.29) is 10.8 Å². The Balaban J connectivity index is 2.17. The maximum atomic E-state index is 12.8. The summed E-state index contributed by atoms with van der Waals surface area (Å²) in [6.45, 7) is 1.81. The third-order valence-corrected chi connectivity index (χ3v) is 4.64. The Morgan fingerprint density at radius 1 is 1.42 bits per heavy atom. The number of hydrogen-bond donors (Lipinski definition) is 4. The van der Waals surface area contributed by atoms with Crippen molar-refractivity contribution in [3.63, 3.8) is 0 Å². The summed E-state index contributed by atoms with van der Waals surface area (Å²) >= 11 is 0.954. The molecule has 13 nitrogen and oxygen atoms in total. The average molecular weight is 465 g/mol. The molecule has 16 heteroatoms. The van der Waals surface area contributed by atoms with E-state index in [0.29, 0.717) is 5.06 Å². The van der Waals surface area contributed by atoms with Crippen LogP contribution in [0.4, 0.5) is 13.9 Å². The number of carbonyl (C=O) groups excluding carboxylic acids is 2. The zero-order chi connectivity index (χ0) is 23.5. The van der Waals surface area contributed by atoms with Gasteiger partial charge in [-0.2, -0.15) is 0 Å². The number of nitrogens with zero attached hydrogens (tertiary/aromatic N) is 3. The van der Waals surface area contributed by atoms with Gasteiger partial charge in [0.1, 0.15) is 11.7 Å². The van der Waals surface area contributed by atoms with Crippen LogP contribution in [-0.4, -0.2) is 80.4 Å². The molecular weight excluding hydrogens is 448 g/mol. The number of oxime groups is 1. The van der Waals surface area contributed by atoms with E-state index in [4.69, 9.17) is 15.9 Å². The first-order valence-corrected chi connectivity index (χ1v) is 9.20. The van der Waals surface area contributed by atoms with Crippen molar-refractivity contribution in [2.45, 2.75) is 38.0 Å². The smallest absolute Gasteiger partial charge is 0.344 e. The van der Waals surface area contributed by atoms with Crippen LogP contribution in [0.2, 0.25) is 0 Å². The first kappa shape index (κ1) is 23.9. The lowest BCUT2D eigenvalue weighted by Gasteiger charge is -2.52. The van der Waals surface area contributed by atoms with E-state index in [1.165, 1.54) is 19.2 Å². The number of alkyl halides is 2. The van der Waals surface area contributed by atoms with Gasteiger partial charge in [0, 0.05) is 5.38 Å². The second kappa shape index (κ2) is 9.17. The first-order valence-electron chi connectivity index (χ1n) is 8.32.